The highest BCUT2D eigenvalue weighted by Crippen LogP contribution is 2.26. The molecule has 0 unspecified atom stereocenters. The molecular formula is C11H17N3O2S. The van der Waals surface area contributed by atoms with E-state index in [1.165, 1.54) is 0 Å². The largest absolute Gasteiger partial charge is 0.365 e. The fourth-order valence-electron chi connectivity index (χ4n) is 2.05. The molecule has 0 spiro atoms. The van der Waals surface area contributed by atoms with Gasteiger partial charge in [0.05, 0.1) is 11.7 Å². The minimum atomic E-state index is -3.67. The molecule has 1 aromatic carbocycles. The SMILES string of the molecule is CCN(c1ccccc1S(N)(=O)=O)C1CNC1. The van der Waals surface area contributed by atoms with Crippen LogP contribution < -0.4 is 15.4 Å². The molecule has 0 bridgehead atoms. The summed E-state index contributed by atoms with van der Waals surface area (Å²) < 4.78 is 23.1. The van der Waals surface area contributed by atoms with Gasteiger partial charge in [-0.3, -0.25) is 0 Å². The lowest BCUT2D eigenvalue weighted by Crippen LogP contribution is -2.57. The van der Waals surface area contributed by atoms with Crippen molar-refractivity contribution in [2.45, 2.75) is 17.9 Å². The second-order valence-corrected chi connectivity index (χ2v) is 5.64. The van der Waals surface area contributed by atoms with Gasteiger partial charge < -0.3 is 10.2 Å². The topological polar surface area (TPSA) is 75.4 Å². The molecule has 0 saturated carbocycles. The van der Waals surface area contributed by atoms with Crippen molar-refractivity contribution in [2.75, 3.05) is 24.5 Å². The Labute approximate surface area is 102 Å². The minimum absolute atomic E-state index is 0.203. The van der Waals surface area contributed by atoms with Crippen LogP contribution in [0.4, 0.5) is 5.69 Å². The molecule has 94 valence electrons. The van der Waals surface area contributed by atoms with E-state index in [1.54, 1.807) is 12.1 Å². The van der Waals surface area contributed by atoms with E-state index in [2.05, 4.69) is 10.2 Å². The highest BCUT2D eigenvalue weighted by Gasteiger charge is 2.27. The number of hydrogen-bond donors (Lipinski definition) is 2. The second kappa shape index (κ2) is 4.64. The van der Waals surface area contributed by atoms with Crippen LogP contribution in [0.2, 0.25) is 0 Å². The maximum Gasteiger partial charge on any atom is 0.240 e. The van der Waals surface area contributed by atoms with Crippen molar-refractivity contribution in [3.63, 3.8) is 0 Å². The third kappa shape index (κ3) is 2.43. The highest BCUT2D eigenvalue weighted by molar-refractivity contribution is 7.89. The van der Waals surface area contributed by atoms with Gasteiger partial charge in [-0.05, 0) is 19.1 Å². The zero-order valence-electron chi connectivity index (χ0n) is 9.76. The fourth-order valence-corrected chi connectivity index (χ4v) is 2.80. The van der Waals surface area contributed by atoms with Gasteiger partial charge in [0, 0.05) is 19.6 Å². The number of rotatable bonds is 4. The Morgan fingerprint density at radius 3 is 2.53 bits per heavy atom. The van der Waals surface area contributed by atoms with Crippen molar-refractivity contribution < 1.29 is 8.42 Å². The van der Waals surface area contributed by atoms with Crippen molar-refractivity contribution in [1.29, 1.82) is 0 Å². The maximum atomic E-state index is 11.5. The molecule has 17 heavy (non-hydrogen) atoms. The van der Waals surface area contributed by atoms with Crippen molar-refractivity contribution in [2.24, 2.45) is 5.14 Å². The first-order chi connectivity index (χ1) is 8.04. The third-order valence-corrected chi connectivity index (χ3v) is 3.98. The van der Waals surface area contributed by atoms with Gasteiger partial charge in [0.1, 0.15) is 4.90 Å². The number of para-hydroxylation sites is 1. The predicted molar refractivity (Wildman–Crippen MR) is 67.5 cm³/mol. The van der Waals surface area contributed by atoms with Gasteiger partial charge in [-0.15, -0.1) is 0 Å². The molecule has 5 nitrogen and oxygen atoms in total. The summed E-state index contributed by atoms with van der Waals surface area (Å²) in [6.07, 6.45) is 0. The van der Waals surface area contributed by atoms with Crippen molar-refractivity contribution in [1.82, 2.24) is 5.32 Å². The molecule has 6 heteroatoms. The summed E-state index contributed by atoms with van der Waals surface area (Å²) in [6.45, 7) is 4.54. The number of likely N-dealkylation sites (N-methyl/N-ethyl adjacent to an activating group) is 1. The normalized spacial score (nSPS) is 16.6. The van der Waals surface area contributed by atoms with E-state index in [0.29, 0.717) is 11.7 Å². The number of anilines is 1. The van der Waals surface area contributed by atoms with Crippen LogP contribution in [-0.2, 0) is 10.0 Å². The van der Waals surface area contributed by atoms with Crippen molar-refractivity contribution >= 4 is 15.7 Å². The average Bonchev–Trinajstić information content (AvgIpc) is 2.22. The van der Waals surface area contributed by atoms with Gasteiger partial charge in [-0.2, -0.15) is 0 Å². The Kier molecular flexibility index (Phi) is 3.37. The van der Waals surface area contributed by atoms with Crippen molar-refractivity contribution in [3.8, 4) is 0 Å². The number of benzene rings is 1. The Hall–Kier alpha value is -1.11. The lowest BCUT2D eigenvalue weighted by atomic mass is 10.1. The first-order valence-corrected chi connectivity index (χ1v) is 7.18. The van der Waals surface area contributed by atoms with E-state index in [-0.39, 0.29) is 4.90 Å². The molecule has 1 saturated heterocycles. The van der Waals surface area contributed by atoms with Gasteiger partial charge in [0.2, 0.25) is 10.0 Å². The zero-order valence-corrected chi connectivity index (χ0v) is 10.6. The monoisotopic (exact) mass is 255 g/mol. The summed E-state index contributed by atoms with van der Waals surface area (Å²) >= 11 is 0. The number of nitrogens with zero attached hydrogens (tertiary/aromatic N) is 1. The standard InChI is InChI=1S/C11H17N3O2S/c1-2-14(9-7-13-8-9)10-5-3-4-6-11(10)17(12,15)16/h3-6,9,13H,2,7-8H2,1H3,(H2,12,15,16). The lowest BCUT2D eigenvalue weighted by molar-refractivity contribution is 0.416. The Morgan fingerprint density at radius 1 is 1.41 bits per heavy atom. The van der Waals surface area contributed by atoms with Crippen LogP contribution in [0.15, 0.2) is 29.2 Å². The quantitative estimate of drug-likeness (QED) is 0.802. The summed E-state index contributed by atoms with van der Waals surface area (Å²) in [4.78, 5) is 2.28. The van der Waals surface area contributed by atoms with Crippen LogP contribution in [0.3, 0.4) is 0 Å². The first kappa shape index (κ1) is 12.3. The molecule has 1 aliphatic heterocycles. The second-order valence-electron chi connectivity index (χ2n) is 4.11. The van der Waals surface area contributed by atoms with E-state index >= 15 is 0 Å². The molecular weight excluding hydrogens is 238 g/mol. The van der Waals surface area contributed by atoms with Crippen molar-refractivity contribution in [3.05, 3.63) is 24.3 Å². The molecule has 3 N–H and O–H groups in total. The summed E-state index contributed by atoms with van der Waals surface area (Å²) in [5.41, 5.74) is 0.698. The molecule has 1 aromatic rings. The molecule has 1 fully saturated rings. The number of primary sulfonamides is 1. The summed E-state index contributed by atoms with van der Waals surface area (Å²) in [6, 6.07) is 7.23. The van der Waals surface area contributed by atoms with Crippen LogP contribution in [0.25, 0.3) is 0 Å². The maximum absolute atomic E-state index is 11.5. The molecule has 1 aliphatic rings. The Morgan fingerprint density at radius 2 is 2.06 bits per heavy atom. The Balaban J connectivity index is 2.42. The number of nitrogens with two attached hydrogens (primary N) is 1. The molecule has 0 aliphatic carbocycles. The smallest absolute Gasteiger partial charge is 0.240 e. The number of nitrogens with one attached hydrogen (secondary N) is 1. The van der Waals surface area contributed by atoms with E-state index < -0.39 is 10.0 Å². The van der Waals surface area contributed by atoms with Gasteiger partial charge in [0.15, 0.2) is 0 Å². The van der Waals surface area contributed by atoms with Crippen LogP contribution in [0.5, 0.6) is 0 Å². The van der Waals surface area contributed by atoms with Crippen LogP contribution in [-0.4, -0.2) is 34.1 Å². The Bertz CT molecular complexity index is 497. The molecule has 0 atom stereocenters. The van der Waals surface area contributed by atoms with E-state index in [9.17, 15) is 8.42 Å². The predicted octanol–water partition coefficient (Wildman–Crippen LogP) is 0.132. The minimum Gasteiger partial charge on any atom is -0.365 e. The van der Waals surface area contributed by atoms with Gasteiger partial charge >= 0.3 is 0 Å². The zero-order chi connectivity index (χ0) is 12.5. The summed E-state index contributed by atoms with van der Waals surface area (Å²) in [5, 5.41) is 8.42. The highest BCUT2D eigenvalue weighted by atomic mass is 32.2. The molecule has 0 radical (unpaired) electrons. The number of sulfonamides is 1. The molecule has 0 amide bonds. The van der Waals surface area contributed by atoms with Gasteiger partial charge in [0.25, 0.3) is 0 Å². The summed E-state index contributed by atoms with van der Waals surface area (Å²) in [7, 11) is -3.67. The summed E-state index contributed by atoms with van der Waals surface area (Å²) in [5.74, 6) is 0. The number of hydrogen-bond acceptors (Lipinski definition) is 4. The molecule has 1 heterocycles. The molecule has 2 rings (SSSR count). The average molecular weight is 255 g/mol. The van der Waals surface area contributed by atoms with Crippen LogP contribution >= 0.6 is 0 Å². The van der Waals surface area contributed by atoms with Gasteiger partial charge in [-0.25, -0.2) is 13.6 Å². The third-order valence-electron chi connectivity index (χ3n) is 3.02. The van der Waals surface area contributed by atoms with E-state index in [1.807, 2.05) is 19.1 Å². The van der Waals surface area contributed by atoms with Crippen LogP contribution in [0.1, 0.15) is 6.92 Å². The van der Waals surface area contributed by atoms with Gasteiger partial charge in [-0.1, -0.05) is 12.1 Å². The van der Waals surface area contributed by atoms with E-state index in [0.717, 1.165) is 19.6 Å². The molecule has 0 aromatic heterocycles. The first-order valence-electron chi connectivity index (χ1n) is 5.63. The van der Waals surface area contributed by atoms with Crippen LogP contribution in [0, 0.1) is 0 Å². The lowest BCUT2D eigenvalue weighted by Gasteiger charge is -2.39. The van der Waals surface area contributed by atoms with E-state index in [4.69, 9.17) is 5.14 Å². The fraction of sp³-hybridized carbons (Fsp3) is 0.455.